The van der Waals surface area contributed by atoms with Crippen LogP contribution in [0.15, 0.2) is 36.4 Å². The van der Waals surface area contributed by atoms with Gasteiger partial charge < -0.3 is 16.2 Å². The van der Waals surface area contributed by atoms with Crippen molar-refractivity contribution in [1.82, 2.24) is 0 Å². The maximum atomic E-state index is 13.2. The highest BCUT2D eigenvalue weighted by molar-refractivity contribution is 6.34. The van der Waals surface area contributed by atoms with E-state index in [2.05, 4.69) is 5.32 Å². The van der Waals surface area contributed by atoms with Gasteiger partial charge >= 0.3 is 5.97 Å². The summed E-state index contributed by atoms with van der Waals surface area (Å²) in [6.07, 6.45) is 0. The minimum absolute atomic E-state index is 0.0399. The van der Waals surface area contributed by atoms with E-state index in [9.17, 15) is 14.0 Å². The first-order chi connectivity index (χ1) is 9.88. The zero-order valence-corrected chi connectivity index (χ0v) is 11.3. The van der Waals surface area contributed by atoms with Crippen molar-refractivity contribution < 1.29 is 19.1 Å². The molecule has 0 heterocycles. The number of carbonyl (C=O) groups excluding carboxylic acids is 1. The van der Waals surface area contributed by atoms with Gasteiger partial charge in [-0.15, -0.1) is 0 Å². The molecule has 0 saturated heterocycles. The van der Waals surface area contributed by atoms with Gasteiger partial charge in [-0.05, 0) is 36.4 Å². The number of nitrogens with two attached hydrogens (primary N) is 1. The number of carboxylic acids is 1. The summed E-state index contributed by atoms with van der Waals surface area (Å²) in [4.78, 5) is 23.0. The van der Waals surface area contributed by atoms with Gasteiger partial charge in [0.05, 0.1) is 21.8 Å². The van der Waals surface area contributed by atoms with Gasteiger partial charge in [-0.3, -0.25) is 4.79 Å². The SMILES string of the molecule is Nc1ccc(F)cc1C(=O)Nc1cc(C(=O)O)ccc1Cl. The molecular weight excluding hydrogens is 299 g/mol. The van der Waals surface area contributed by atoms with E-state index in [1.165, 1.54) is 24.3 Å². The fourth-order valence-corrected chi connectivity index (χ4v) is 1.83. The van der Waals surface area contributed by atoms with Gasteiger partial charge in [0.2, 0.25) is 0 Å². The van der Waals surface area contributed by atoms with E-state index in [0.29, 0.717) is 0 Å². The molecule has 0 atom stereocenters. The Balaban J connectivity index is 2.33. The van der Waals surface area contributed by atoms with Crippen molar-refractivity contribution in [2.24, 2.45) is 0 Å². The van der Waals surface area contributed by atoms with Crippen molar-refractivity contribution in [2.45, 2.75) is 0 Å². The van der Waals surface area contributed by atoms with Crippen LogP contribution in [-0.2, 0) is 0 Å². The number of rotatable bonds is 3. The van der Waals surface area contributed by atoms with E-state index in [0.717, 1.165) is 12.1 Å². The van der Waals surface area contributed by atoms with E-state index in [1.807, 2.05) is 0 Å². The zero-order chi connectivity index (χ0) is 15.6. The Morgan fingerprint density at radius 3 is 2.57 bits per heavy atom. The molecule has 0 radical (unpaired) electrons. The molecule has 21 heavy (non-hydrogen) atoms. The number of hydrogen-bond donors (Lipinski definition) is 3. The molecule has 2 aromatic carbocycles. The normalized spacial score (nSPS) is 10.2. The second kappa shape index (κ2) is 5.80. The van der Waals surface area contributed by atoms with Gasteiger partial charge in [-0.1, -0.05) is 11.6 Å². The molecule has 0 aromatic heterocycles. The maximum Gasteiger partial charge on any atom is 0.335 e. The first-order valence-electron chi connectivity index (χ1n) is 5.77. The number of carboxylic acid groups (broad SMARTS) is 1. The lowest BCUT2D eigenvalue weighted by atomic mass is 10.1. The Morgan fingerprint density at radius 1 is 1.19 bits per heavy atom. The monoisotopic (exact) mass is 308 g/mol. The highest BCUT2D eigenvalue weighted by Gasteiger charge is 2.14. The van der Waals surface area contributed by atoms with Gasteiger partial charge in [0.25, 0.3) is 5.91 Å². The number of nitrogen functional groups attached to an aromatic ring is 1. The Morgan fingerprint density at radius 2 is 1.90 bits per heavy atom. The number of halogens is 2. The Kier molecular flexibility index (Phi) is 4.09. The lowest BCUT2D eigenvalue weighted by molar-refractivity contribution is 0.0696. The highest BCUT2D eigenvalue weighted by atomic mass is 35.5. The molecule has 0 aliphatic rings. The van der Waals surface area contributed by atoms with Crippen molar-refractivity contribution in [3.8, 4) is 0 Å². The standard InChI is InChI=1S/C14H10ClFN2O3/c15-10-3-1-7(14(20)21)5-12(10)18-13(19)9-6-8(16)2-4-11(9)17/h1-6H,17H2,(H,18,19)(H,20,21). The molecule has 2 rings (SSSR count). The lowest BCUT2D eigenvalue weighted by Crippen LogP contribution is -2.15. The van der Waals surface area contributed by atoms with Crippen molar-refractivity contribution in [1.29, 1.82) is 0 Å². The highest BCUT2D eigenvalue weighted by Crippen LogP contribution is 2.24. The van der Waals surface area contributed by atoms with Crippen LogP contribution >= 0.6 is 11.6 Å². The number of carbonyl (C=O) groups is 2. The van der Waals surface area contributed by atoms with Crippen LogP contribution in [0.25, 0.3) is 0 Å². The number of nitrogens with one attached hydrogen (secondary N) is 1. The van der Waals surface area contributed by atoms with Crippen LogP contribution in [0.3, 0.4) is 0 Å². The van der Waals surface area contributed by atoms with E-state index in [4.69, 9.17) is 22.4 Å². The van der Waals surface area contributed by atoms with Crippen molar-refractivity contribution >= 4 is 34.9 Å². The summed E-state index contributed by atoms with van der Waals surface area (Å²) in [5, 5.41) is 11.5. The molecule has 0 saturated carbocycles. The van der Waals surface area contributed by atoms with Gasteiger partial charge in [0, 0.05) is 5.69 Å². The molecule has 1 amide bonds. The lowest BCUT2D eigenvalue weighted by Gasteiger charge is -2.10. The molecule has 0 bridgehead atoms. The van der Waals surface area contributed by atoms with E-state index >= 15 is 0 Å². The molecule has 108 valence electrons. The van der Waals surface area contributed by atoms with Crippen LogP contribution in [0.5, 0.6) is 0 Å². The van der Waals surface area contributed by atoms with Crippen LogP contribution in [0.2, 0.25) is 5.02 Å². The Hall–Kier alpha value is -2.60. The summed E-state index contributed by atoms with van der Waals surface area (Å²) in [6.45, 7) is 0. The summed E-state index contributed by atoms with van der Waals surface area (Å²) in [6, 6.07) is 7.23. The van der Waals surface area contributed by atoms with Gasteiger partial charge in [-0.2, -0.15) is 0 Å². The van der Waals surface area contributed by atoms with Gasteiger partial charge in [0.1, 0.15) is 5.82 Å². The molecule has 0 fully saturated rings. The molecular formula is C14H10ClFN2O3. The quantitative estimate of drug-likeness (QED) is 0.760. The molecule has 0 spiro atoms. The maximum absolute atomic E-state index is 13.2. The molecule has 4 N–H and O–H groups in total. The fourth-order valence-electron chi connectivity index (χ4n) is 1.67. The molecule has 0 aliphatic heterocycles. The van der Waals surface area contributed by atoms with Crippen LogP contribution in [0, 0.1) is 5.82 Å². The minimum atomic E-state index is -1.16. The summed E-state index contributed by atoms with van der Waals surface area (Å²) in [7, 11) is 0. The summed E-state index contributed by atoms with van der Waals surface area (Å²) in [5.74, 6) is -2.45. The number of benzene rings is 2. The summed E-state index contributed by atoms with van der Waals surface area (Å²) >= 11 is 5.89. The van der Waals surface area contributed by atoms with Crippen LogP contribution in [0.4, 0.5) is 15.8 Å². The molecule has 7 heteroatoms. The van der Waals surface area contributed by atoms with Crippen LogP contribution in [-0.4, -0.2) is 17.0 Å². The third kappa shape index (κ3) is 3.29. The molecule has 5 nitrogen and oxygen atoms in total. The number of aromatic carboxylic acids is 1. The predicted molar refractivity (Wildman–Crippen MR) is 77.2 cm³/mol. The molecule has 0 unspecified atom stereocenters. The average molecular weight is 309 g/mol. The predicted octanol–water partition coefficient (Wildman–Crippen LogP) is 3.01. The first kappa shape index (κ1) is 14.8. The Bertz CT molecular complexity index is 734. The summed E-state index contributed by atoms with van der Waals surface area (Å²) < 4.78 is 13.2. The van der Waals surface area contributed by atoms with E-state index < -0.39 is 17.7 Å². The molecule has 2 aromatic rings. The third-order valence-electron chi connectivity index (χ3n) is 2.72. The van der Waals surface area contributed by atoms with Crippen molar-refractivity contribution in [2.75, 3.05) is 11.1 Å². The van der Waals surface area contributed by atoms with Crippen LogP contribution in [0.1, 0.15) is 20.7 Å². The topological polar surface area (TPSA) is 92.4 Å². The smallest absolute Gasteiger partial charge is 0.335 e. The second-order valence-electron chi connectivity index (χ2n) is 4.19. The minimum Gasteiger partial charge on any atom is -0.478 e. The summed E-state index contributed by atoms with van der Waals surface area (Å²) in [5.41, 5.74) is 5.70. The van der Waals surface area contributed by atoms with Crippen molar-refractivity contribution in [3.63, 3.8) is 0 Å². The average Bonchev–Trinajstić information content (AvgIpc) is 2.43. The van der Waals surface area contributed by atoms with Crippen molar-refractivity contribution in [3.05, 3.63) is 58.4 Å². The van der Waals surface area contributed by atoms with Crippen LogP contribution < -0.4 is 11.1 Å². The van der Waals surface area contributed by atoms with Gasteiger partial charge in [-0.25, -0.2) is 9.18 Å². The first-order valence-corrected chi connectivity index (χ1v) is 6.15. The van der Waals surface area contributed by atoms with E-state index in [-0.39, 0.29) is 27.5 Å². The zero-order valence-electron chi connectivity index (χ0n) is 10.6. The number of amides is 1. The molecule has 0 aliphatic carbocycles. The van der Waals surface area contributed by atoms with Gasteiger partial charge in [0.15, 0.2) is 0 Å². The largest absolute Gasteiger partial charge is 0.478 e. The second-order valence-corrected chi connectivity index (χ2v) is 4.59. The third-order valence-corrected chi connectivity index (χ3v) is 3.05. The number of hydrogen-bond acceptors (Lipinski definition) is 3. The van der Waals surface area contributed by atoms with E-state index in [1.54, 1.807) is 0 Å². The Labute approximate surface area is 124 Å². The number of anilines is 2. The fraction of sp³-hybridized carbons (Fsp3) is 0.